The van der Waals surface area contributed by atoms with E-state index in [4.69, 9.17) is 4.74 Å². The van der Waals surface area contributed by atoms with Crippen LogP contribution in [-0.2, 0) is 10.8 Å². The number of para-hydroxylation sites is 1. The molecular weight excluding hydrogens is 410 g/mol. The molecule has 1 aliphatic rings. The van der Waals surface area contributed by atoms with Crippen molar-refractivity contribution in [2.45, 2.75) is 38.5 Å². The van der Waals surface area contributed by atoms with Crippen molar-refractivity contribution < 1.29 is 4.74 Å². The molecule has 3 aromatic carbocycles. The molecular formula is C25H22BrNO. The van der Waals surface area contributed by atoms with Crippen molar-refractivity contribution in [3.8, 4) is 17.6 Å². The fourth-order valence-corrected chi connectivity index (χ4v) is 4.65. The highest BCUT2D eigenvalue weighted by Crippen LogP contribution is 2.51. The highest BCUT2D eigenvalue weighted by Gasteiger charge is 2.41. The number of hydrogen-bond donors (Lipinski definition) is 0. The summed E-state index contributed by atoms with van der Waals surface area (Å²) in [6.07, 6.45) is 0. The van der Waals surface area contributed by atoms with E-state index in [0.29, 0.717) is 11.3 Å². The first-order valence-corrected chi connectivity index (χ1v) is 10.2. The van der Waals surface area contributed by atoms with Gasteiger partial charge in [0, 0.05) is 15.3 Å². The van der Waals surface area contributed by atoms with Gasteiger partial charge in [-0.15, -0.1) is 0 Å². The highest BCUT2D eigenvalue weighted by atomic mass is 79.9. The van der Waals surface area contributed by atoms with E-state index in [1.165, 1.54) is 22.3 Å². The van der Waals surface area contributed by atoms with Gasteiger partial charge in [-0.05, 0) is 58.7 Å². The fourth-order valence-electron chi connectivity index (χ4n) is 4.29. The molecule has 0 spiro atoms. The minimum absolute atomic E-state index is 0.104. The van der Waals surface area contributed by atoms with Crippen molar-refractivity contribution in [2.24, 2.45) is 0 Å². The Morgan fingerprint density at radius 2 is 1.39 bits per heavy atom. The van der Waals surface area contributed by atoms with Gasteiger partial charge in [0.05, 0.1) is 5.56 Å². The largest absolute Gasteiger partial charge is 0.456 e. The van der Waals surface area contributed by atoms with Crippen LogP contribution < -0.4 is 4.74 Å². The Morgan fingerprint density at radius 1 is 0.786 bits per heavy atom. The summed E-state index contributed by atoms with van der Waals surface area (Å²) in [7, 11) is 0. The third-order valence-corrected chi connectivity index (χ3v) is 6.39. The number of ether oxygens (including phenoxy) is 1. The van der Waals surface area contributed by atoms with Gasteiger partial charge in [0.1, 0.15) is 17.6 Å². The number of halogens is 1. The maximum Gasteiger partial charge on any atom is 0.145 e. The summed E-state index contributed by atoms with van der Waals surface area (Å²) in [5.41, 5.74) is 5.55. The van der Waals surface area contributed by atoms with Crippen LogP contribution in [0.2, 0.25) is 0 Å². The van der Waals surface area contributed by atoms with Gasteiger partial charge in [-0.2, -0.15) is 5.26 Å². The molecule has 3 aromatic rings. The maximum atomic E-state index is 9.34. The molecule has 0 atom stereocenters. The number of nitrogens with zero attached hydrogens (tertiary/aromatic N) is 1. The summed E-state index contributed by atoms with van der Waals surface area (Å²) in [5.74, 6) is 1.34. The van der Waals surface area contributed by atoms with Crippen molar-refractivity contribution in [1.29, 1.82) is 5.26 Å². The number of benzene rings is 3. The maximum absolute atomic E-state index is 9.34. The van der Waals surface area contributed by atoms with Crippen molar-refractivity contribution in [1.82, 2.24) is 0 Å². The molecule has 0 unspecified atom stereocenters. The van der Waals surface area contributed by atoms with E-state index in [-0.39, 0.29) is 10.8 Å². The Labute approximate surface area is 174 Å². The zero-order valence-corrected chi connectivity index (χ0v) is 18.1. The molecule has 0 amide bonds. The molecule has 0 N–H and O–H groups in total. The van der Waals surface area contributed by atoms with Crippen LogP contribution in [-0.4, -0.2) is 0 Å². The zero-order chi connectivity index (χ0) is 20.1. The van der Waals surface area contributed by atoms with Crippen LogP contribution >= 0.6 is 15.9 Å². The van der Waals surface area contributed by atoms with E-state index < -0.39 is 0 Å². The predicted octanol–water partition coefficient (Wildman–Crippen LogP) is 7.08. The minimum Gasteiger partial charge on any atom is -0.456 e. The molecule has 0 aliphatic heterocycles. The molecule has 0 radical (unpaired) electrons. The Bertz CT molecular complexity index is 1120. The van der Waals surface area contributed by atoms with Crippen LogP contribution in [0.1, 0.15) is 55.5 Å². The number of nitriles is 1. The molecule has 0 saturated carbocycles. The summed E-state index contributed by atoms with van der Waals surface area (Å²) >= 11 is 3.64. The van der Waals surface area contributed by atoms with Gasteiger partial charge in [0.2, 0.25) is 0 Å². The smallest absolute Gasteiger partial charge is 0.145 e. The second-order valence-electron chi connectivity index (χ2n) is 8.36. The van der Waals surface area contributed by atoms with E-state index in [0.717, 1.165) is 10.2 Å². The van der Waals surface area contributed by atoms with Gasteiger partial charge in [-0.1, -0.05) is 67.9 Å². The first kappa shape index (κ1) is 18.8. The summed E-state index contributed by atoms with van der Waals surface area (Å²) in [6.45, 7) is 9.08. The molecule has 3 heteroatoms. The highest BCUT2D eigenvalue weighted by molar-refractivity contribution is 9.10. The fraction of sp³-hybridized carbons (Fsp3) is 0.240. The van der Waals surface area contributed by atoms with Crippen molar-refractivity contribution >= 4 is 15.9 Å². The second-order valence-corrected chi connectivity index (χ2v) is 9.27. The molecule has 4 rings (SSSR count). The number of hydrogen-bond acceptors (Lipinski definition) is 2. The topological polar surface area (TPSA) is 33.0 Å². The SMILES string of the molecule is CC1(C)c2ccc(Oc3ccccc3C#N)cc2C(C)(C)c2ccc(Br)cc21. The van der Waals surface area contributed by atoms with Gasteiger partial charge < -0.3 is 4.74 Å². The summed E-state index contributed by atoms with van der Waals surface area (Å²) in [5, 5.41) is 9.34. The first-order chi connectivity index (χ1) is 13.2. The lowest BCUT2D eigenvalue weighted by molar-refractivity contribution is 0.471. The van der Waals surface area contributed by atoms with E-state index in [1.54, 1.807) is 6.07 Å². The minimum atomic E-state index is -0.144. The lowest BCUT2D eigenvalue weighted by Gasteiger charge is -2.44. The third kappa shape index (κ3) is 2.84. The van der Waals surface area contributed by atoms with E-state index in [2.05, 4.69) is 80.0 Å². The molecule has 2 nitrogen and oxygen atoms in total. The van der Waals surface area contributed by atoms with Gasteiger partial charge in [0.25, 0.3) is 0 Å². The Hall–Kier alpha value is -2.57. The molecule has 0 fully saturated rings. The molecule has 0 heterocycles. The summed E-state index contributed by atoms with van der Waals surface area (Å²) in [4.78, 5) is 0. The van der Waals surface area contributed by atoms with E-state index in [9.17, 15) is 5.26 Å². The Balaban J connectivity index is 1.85. The average Bonchev–Trinajstić information content (AvgIpc) is 2.67. The van der Waals surface area contributed by atoms with Crippen LogP contribution in [0.25, 0.3) is 0 Å². The van der Waals surface area contributed by atoms with Crippen LogP contribution in [0.4, 0.5) is 0 Å². The van der Waals surface area contributed by atoms with Gasteiger partial charge in [-0.3, -0.25) is 0 Å². The molecule has 0 aromatic heterocycles. The molecule has 28 heavy (non-hydrogen) atoms. The van der Waals surface area contributed by atoms with Crippen LogP contribution in [0.5, 0.6) is 11.5 Å². The predicted molar refractivity (Wildman–Crippen MR) is 116 cm³/mol. The normalized spacial score (nSPS) is 15.9. The molecule has 1 aliphatic carbocycles. The summed E-state index contributed by atoms with van der Waals surface area (Å²) in [6, 6.07) is 22.4. The monoisotopic (exact) mass is 431 g/mol. The first-order valence-electron chi connectivity index (χ1n) is 9.37. The number of fused-ring (bicyclic) bond motifs is 2. The van der Waals surface area contributed by atoms with Crippen LogP contribution in [0, 0.1) is 11.3 Å². The number of rotatable bonds is 2. The lowest BCUT2D eigenvalue weighted by atomic mass is 9.60. The van der Waals surface area contributed by atoms with Crippen LogP contribution in [0.3, 0.4) is 0 Å². The summed E-state index contributed by atoms with van der Waals surface area (Å²) < 4.78 is 7.21. The lowest BCUT2D eigenvalue weighted by Crippen LogP contribution is -2.36. The van der Waals surface area contributed by atoms with Gasteiger partial charge in [0.15, 0.2) is 0 Å². The van der Waals surface area contributed by atoms with Crippen molar-refractivity contribution in [2.75, 3.05) is 0 Å². The average molecular weight is 432 g/mol. The van der Waals surface area contributed by atoms with Crippen molar-refractivity contribution in [3.63, 3.8) is 0 Å². The Morgan fingerprint density at radius 3 is 2.07 bits per heavy atom. The third-order valence-electron chi connectivity index (χ3n) is 5.90. The second kappa shape index (κ2) is 6.50. The molecule has 140 valence electrons. The van der Waals surface area contributed by atoms with Gasteiger partial charge in [-0.25, -0.2) is 0 Å². The van der Waals surface area contributed by atoms with E-state index in [1.807, 2.05) is 24.3 Å². The van der Waals surface area contributed by atoms with E-state index >= 15 is 0 Å². The molecule has 0 saturated heterocycles. The van der Waals surface area contributed by atoms with Gasteiger partial charge >= 0.3 is 0 Å². The van der Waals surface area contributed by atoms with Crippen molar-refractivity contribution in [3.05, 3.63) is 93.0 Å². The quantitative estimate of drug-likeness (QED) is 0.434. The van der Waals surface area contributed by atoms with Crippen LogP contribution in [0.15, 0.2) is 65.1 Å². The molecule has 0 bridgehead atoms. The zero-order valence-electron chi connectivity index (χ0n) is 16.5. The Kier molecular flexibility index (Phi) is 4.36. The standard InChI is InChI=1S/C25H22BrNO/c1-24(2)20-12-10-18(28-23-8-6-5-7-16(23)15-27)14-22(20)25(3,4)19-11-9-17(26)13-21(19)24/h5-14H,1-4H3.